The minimum atomic E-state index is -2.44. The quantitative estimate of drug-likeness (QED) is 0.401. The fraction of sp³-hybridized carbons (Fsp3) is 0.371. The Labute approximate surface area is 230 Å². The molecule has 4 atom stereocenters. The highest BCUT2D eigenvalue weighted by atomic mass is 28.3. The van der Waals surface area contributed by atoms with Crippen LogP contribution in [-0.4, -0.2) is 24.7 Å². The summed E-state index contributed by atoms with van der Waals surface area (Å²) in [6.45, 7) is 13.6. The van der Waals surface area contributed by atoms with E-state index in [1.807, 2.05) is 0 Å². The van der Waals surface area contributed by atoms with E-state index in [0.717, 1.165) is 13.1 Å². The van der Waals surface area contributed by atoms with Crippen molar-refractivity contribution in [2.24, 2.45) is 11.8 Å². The Kier molecular flexibility index (Phi) is 6.58. The van der Waals surface area contributed by atoms with Gasteiger partial charge < -0.3 is 4.98 Å². The lowest BCUT2D eigenvalue weighted by Crippen LogP contribution is -2.75. The van der Waals surface area contributed by atoms with E-state index < -0.39 is 8.24 Å². The first kappa shape index (κ1) is 25.5. The summed E-state index contributed by atoms with van der Waals surface area (Å²) in [5.74, 6) is 1.07. The summed E-state index contributed by atoms with van der Waals surface area (Å²) in [7, 11) is -2.44. The van der Waals surface area contributed by atoms with E-state index in [0.29, 0.717) is 23.4 Å². The maximum absolute atomic E-state index is 4.41. The minimum absolute atomic E-state index is 0.00627. The Morgan fingerprint density at radius 1 is 0.711 bits per heavy atom. The lowest BCUT2D eigenvalue weighted by Gasteiger charge is -2.46. The van der Waals surface area contributed by atoms with Crippen LogP contribution in [0.25, 0.3) is 0 Å². The Morgan fingerprint density at radius 2 is 1.21 bits per heavy atom. The molecule has 1 saturated carbocycles. The number of hydrogen-bond acceptors (Lipinski definition) is 2. The van der Waals surface area contributed by atoms with Crippen LogP contribution in [0.1, 0.15) is 49.4 Å². The third kappa shape index (κ3) is 4.55. The zero-order chi connectivity index (χ0) is 26.5. The Hall–Kier alpha value is -2.72. The van der Waals surface area contributed by atoms with Crippen molar-refractivity contribution < 1.29 is 0 Å². The predicted octanol–water partition coefficient (Wildman–Crippen LogP) is 6.27. The van der Waals surface area contributed by atoms with E-state index in [1.165, 1.54) is 39.0 Å². The predicted molar refractivity (Wildman–Crippen MR) is 163 cm³/mol. The van der Waals surface area contributed by atoms with Crippen LogP contribution in [0, 0.1) is 25.7 Å². The summed E-state index contributed by atoms with van der Waals surface area (Å²) in [6, 6.07) is 28.7. The van der Waals surface area contributed by atoms with Crippen molar-refractivity contribution in [3.8, 4) is 0 Å². The van der Waals surface area contributed by atoms with Crippen LogP contribution in [0.3, 0.4) is 0 Å². The first-order valence-corrected chi connectivity index (χ1v) is 16.4. The van der Waals surface area contributed by atoms with E-state index in [4.69, 9.17) is 0 Å². The average Bonchev–Trinajstić information content (AvgIpc) is 3.50. The standard InChI is InChI=1S/C35H42N2Si/c1-25-14-18-29(19-15-25)38(36-35(3,4)5,30-20-16-26(2)17-21-30)34-22-33(31-12-8-9-13-32(31)34)37-23-27-10-6-7-11-28(27)24-37/h6-21,31-34,36H,22-24H2,1-5H3/t31?,32?,33?,34-/m0/s1. The first-order chi connectivity index (χ1) is 18.2. The molecule has 2 aliphatic carbocycles. The van der Waals surface area contributed by atoms with Crippen molar-refractivity contribution in [1.82, 2.24) is 9.88 Å². The molecule has 1 fully saturated rings. The first-order valence-electron chi connectivity index (χ1n) is 14.3. The van der Waals surface area contributed by atoms with Crippen molar-refractivity contribution in [1.29, 1.82) is 0 Å². The molecule has 3 aromatic carbocycles. The molecule has 1 heterocycles. The topological polar surface area (TPSA) is 15.3 Å². The summed E-state index contributed by atoms with van der Waals surface area (Å²) in [5.41, 5.74) is 6.22. The lowest BCUT2D eigenvalue weighted by atomic mass is 9.89. The number of nitrogens with one attached hydrogen (secondary N) is 1. The van der Waals surface area contributed by atoms with Gasteiger partial charge in [0.2, 0.25) is 0 Å². The minimum Gasteiger partial charge on any atom is -0.325 e. The van der Waals surface area contributed by atoms with Crippen molar-refractivity contribution in [2.45, 2.75) is 71.3 Å². The molecule has 3 aromatic rings. The van der Waals surface area contributed by atoms with Gasteiger partial charge in [-0.3, -0.25) is 4.90 Å². The third-order valence-electron chi connectivity index (χ3n) is 9.10. The Bertz CT molecular complexity index is 1280. The molecule has 1 aliphatic heterocycles. The number of hydrogen-bond donors (Lipinski definition) is 1. The summed E-state index contributed by atoms with van der Waals surface area (Å²) < 4.78 is 0. The molecule has 2 nitrogen and oxygen atoms in total. The van der Waals surface area contributed by atoms with Crippen LogP contribution < -0.4 is 15.4 Å². The van der Waals surface area contributed by atoms with Crippen LogP contribution >= 0.6 is 0 Å². The van der Waals surface area contributed by atoms with Gasteiger partial charge in [0, 0.05) is 24.7 Å². The van der Waals surface area contributed by atoms with Gasteiger partial charge in [0.05, 0.1) is 0 Å². The molecular formula is C35H42N2Si. The molecule has 0 amide bonds. The molecule has 3 aliphatic rings. The van der Waals surface area contributed by atoms with Gasteiger partial charge in [-0.05, 0) is 79.9 Å². The van der Waals surface area contributed by atoms with Gasteiger partial charge >= 0.3 is 0 Å². The number of benzene rings is 3. The molecule has 6 rings (SSSR count). The van der Waals surface area contributed by atoms with E-state index >= 15 is 0 Å². The monoisotopic (exact) mass is 518 g/mol. The second kappa shape index (κ2) is 9.79. The highest BCUT2D eigenvalue weighted by molar-refractivity contribution is 7.01. The smallest absolute Gasteiger partial charge is 0.194 e. The van der Waals surface area contributed by atoms with Crippen LogP contribution in [0.15, 0.2) is 97.1 Å². The van der Waals surface area contributed by atoms with Crippen LogP contribution in [0.2, 0.25) is 5.54 Å². The SMILES string of the molecule is Cc1ccc([Si](NC(C)(C)C)(c2ccc(C)cc2)[C@H]2CC(N3Cc4ccccc4C3)C3C=CC=CC32)cc1. The largest absolute Gasteiger partial charge is 0.325 e. The van der Waals surface area contributed by atoms with Crippen LogP contribution in [0.4, 0.5) is 0 Å². The zero-order valence-corrected chi connectivity index (χ0v) is 24.6. The molecule has 196 valence electrons. The van der Waals surface area contributed by atoms with Gasteiger partial charge in [-0.15, -0.1) is 0 Å². The second-order valence-electron chi connectivity index (χ2n) is 12.9. The number of aryl methyl sites for hydroxylation is 2. The molecule has 3 unspecified atom stereocenters. The molecule has 0 radical (unpaired) electrons. The van der Waals surface area contributed by atoms with Crippen LogP contribution in [0.5, 0.6) is 0 Å². The number of rotatable bonds is 5. The van der Waals surface area contributed by atoms with Crippen LogP contribution in [-0.2, 0) is 13.1 Å². The maximum atomic E-state index is 4.41. The maximum Gasteiger partial charge on any atom is 0.194 e. The van der Waals surface area contributed by atoms with Crippen molar-refractivity contribution >= 4 is 18.6 Å². The lowest BCUT2D eigenvalue weighted by molar-refractivity contribution is 0.171. The molecule has 0 aromatic heterocycles. The van der Waals surface area contributed by atoms with E-state index in [9.17, 15) is 0 Å². The van der Waals surface area contributed by atoms with E-state index in [2.05, 4.69) is 142 Å². The molecule has 3 heteroatoms. The van der Waals surface area contributed by atoms with Gasteiger partial charge in [0.25, 0.3) is 0 Å². The van der Waals surface area contributed by atoms with Gasteiger partial charge in [-0.2, -0.15) is 0 Å². The van der Waals surface area contributed by atoms with Gasteiger partial charge in [-0.1, -0.05) is 108 Å². The summed E-state index contributed by atoms with van der Waals surface area (Å²) in [5, 5.41) is 3.03. The summed E-state index contributed by atoms with van der Waals surface area (Å²) >= 11 is 0. The molecule has 0 bridgehead atoms. The second-order valence-corrected chi connectivity index (χ2v) is 16.7. The fourth-order valence-electron chi connectivity index (χ4n) is 7.51. The molecule has 0 spiro atoms. The number of nitrogens with zero attached hydrogens (tertiary/aromatic N) is 1. The normalized spacial score (nSPS) is 25.0. The fourth-order valence-corrected chi connectivity index (χ4v) is 13.2. The summed E-state index contributed by atoms with van der Waals surface area (Å²) in [4.78, 5) is 7.19. The average molecular weight is 519 g/mol. The van der Waals surface area contributed by atoms with Crippen molar-refractivity contribution in [3.63, 3.8) is 0 Å². The molecule has 1 N–H and O–H groups in total. The van der Waals surface area contributed by atoms with Gasteiger partial charge in [-0.25, -0.2) is 0 Å². The Balaban J connectivity index is 1.50. The van der Waals surface area contributed by atoms with Gasteiger partial charge in [0.1, 0.15) is 0 Å². The number of allylic oxidation sites excluding steroid dienone is 3. The van der Waals surface area contributed by atoms with E-state index in [1.54, 1.807) is 0 Å². The highest BCUT2D eigenvalue weighted by Gasteiger charge is 2.57. The third-order valence-corrected chi connectivity index (χ3v) is 14.5. The Morgan fingerprint density at radius 3 is 1.71 bits per heavy atom. The molecule has 0 saturated heterocycles. The van der Waals surface area contributed by atoms with Gasteiger partial charge in [0.15, 0.2) is 8.24 Å². The van der Waals surface area contributed by atoms with E-state index in [-0.39, 0.29) is 5.54 Å². The van der Waals surface area contributed by atoms with Crippen molar-refractivity contribution in [3.05, 3.63) is 119 Å². The number of fused-ring (bicyclic) bond motifs is 2. The zero-order valence-electron chi connectivity index (χ0n) is 23.6. The summed E-state index contributed by atoms with van der Waals surface area (Å²) in [6.07, 6.45) is 10.9. The molecule has 38 heavy (non-hydrogen) atoms. The highest BCUT2D eigenvalue weighted by Crippen LogP contribution is 2.51. The molecular weight excluding hydrogens is 476 g/mol. The van der Waals surface area contributed by atoms with Crippen molar-refractivity contribution in [2.75, 3.05) is 0 Å².